The lowest BCUT2D eigenvalue weighted by atomic mass is 10.1. The van der Waals surface area contributed by atoms with Crippen LogP contribution >= 0.6 is 11.6 Å². The maximum absolute atomic E-state index is 12.5. The molecule has 0 aliphatic carbocycles. The van der Waals surface area contributed by atoms with E-state index in [1.54, 1.807) is 36.4 Å². The molecule has 1 amide bonds. The molecule has 9 heteroatoms. The number of halogens is 1. The van der Waals surface area contributed by atoms with Gasteiger partial charge in [-0.15, -0.1) is 0 Å². The van der Waals surface area contributed by atoms with Crippen molar-refractivity contribution in [2.75, 3.05) is 12.4 Å². The van der Waals surface area contributed by atoms with Gasteiger partial charge in [0.25, 0.3) is 5.91 Å². The number of carboxylic acids is 1. The van der Waals surface area contributed by atoms with Crippen LogP contribution in [0.15, 0.2) is 72.3 Å². The minimum absolute atomic E-state index is 0.0555. The van der Waals surface area contributed by atoms with Gasteiger partial charge in [0.2, 0.25) is 0 Å². The van der Waals surface area contributed by atoms with Crippen LogP contribution in [-0.4, -0.2) is 30.1 Å². The molecule has 0 fully saturated rings. The molecule has 2 N–H and O–H groups in total. The highest BCUT2D eigenvalue weighted by Gasteiger charge is 2.16. The standard InChI is InChI=1S/C25H17ClN2O6/c1-33-18-9-7-16(8-10-18)25(32)34-22-11-6-15(13-20(22)26)12-17(14-27)23(29)28-21-5-3-2-4-19(21)24(30)31/h2-13H,1H3,(H,28,29)(H,30,31)/b17-12+. The number of anilines is 1. The van der Waals surface area contributed by atoms with E-state index in [0.717, 1.165) is 0 Å². The van der Waals surface area contributed by atoms with Crippen LogP contribution in [0.4, 0.5) is 5.69 Å². The van der Waals surface area contributed by atoms with Crippen molar-refractivity contribution in [2.24, 2.45) is 0 Å². The number of rotatable bonds is 7. The van der Waals surface area contributed by atoms with Gasteiger partial charge in [-0.05, 0) is 60.2 Å². The molecule has 0 heterocycles. The molecule has 0 saturated carbocycles. The number of ether oxygens (including phenoxy) is 2. The van der Waals surface area contributed by atoms with E-state index in [0.29, 0.717) is 16.9 Å². The van der Waals surface area contributed by atoms with Crippen LogP contribution in [-0.2, 0) is 4.79 Å². The normalized spacial score (nSPS) is 10.7. The number of methoxy groups -OCH3 is 1. The van der Waals surface area contributed by atoms with Crippen LogP contribution in [0.1, 0.15) is 26.3 Å². The van der Waals surface area contributed by atoms with Crippen LogP contribution in [0.2, 0.25) is 5.02 Å². The highest BCUT2D eigenvalue weighted by atomic mass is 35.5. The van der Waals surface area contributed by atoms with Crippen LogP contribution < -0.4 is 14.8 Å². The third-order valence-corrected chi connectivity index (χ3v) is 4.86. The lowest BCUT2D eigenvalue weighted by Crippen LogP contribution is -2.16. The Labute approximate surface area is 199 Å². The predicted octanol–water partition coefficient (Wildman–Crippen LogP) is 4.81. The van der Waals surface area contributed by atoms with Crippen molar-refractivity contribution in [3.05, 3.63) is 94.0 Å². The molecule has 0 spiro atoms. The summed E-state index contributed by atoms with van der Waals surface area (Å²) < 4.78 is 10.4. The van der Waals surface area contributed by atoms with Crippen LogP contribution in [0.3, 0.4) is 0 Å². The Morgan fingerprint density at radius 1 is 1.06 bits per heavy atom. The van der Waals surface area contributed by atoms with Gasteiger partial charge in [-0.3, -0.25) is 4.79 Å². The molecule has 34 heavy (non-hydrogen) atoms. The quantitative estimate of drug-likeness (QED) is 0.217. The molecular weight excluding hydrogens is 460 g/mol. The Bertz CT molecular complexity index is 1330. The summed E-state index contributed by atoms with van der Waals surface area (Å²) in [5, 5.41) is 21.2. The molecule has 170 valence electrons. The van der Waals surface area contributed by atoms with E-state index >= 15 is 0 Å². The third kappa shape index (κ3) is 5.79. The number of esters is 1. The number of aromatic carboxylic acids is 1. The summed E-state index contributed by atoms with van der Waals surface area (Å²) in [6.07, 6.45) is 1.28. The van der Waals surface area contributed by atoms with Gasteiger partial charge in [-0.25, -0.2) is 9.59 Å². The van der Waals surface area contributed by atoms with E-state index in [1.165, 1.54) is 49.6 Å². The third-order valence-electron chi connectivity index (χ3n) is 4.57. The number of carbonyl (C=O) groups excluding carboxylic acids is 2. The Morgan fingerprint density at radius 3 is 2.38 bits per heavy atom. The second-order valence-electron chi connectivity index (χ2n) is 6.78. The number of hydrogen-bond acceptors (Lipinski definition) is 6. The molecule has 3 aromatic carbocycles. The molecule has 0 aromatic heterocycles. The number of nitrogens with zero attached hydrogens (tertiary/aromatic N) is 1. The van der Waals surface area contributed by atoms with E-state index in [2.05, 4.69) is 5.32 Å². The van der Waals surface area contributed by atoms with E-state index in [4.69, 9.17) is 21.1 Å². The van der Waals surface area contributed by atoms with Crippen molar-refractivity contribution >= 4 is 41.2 Å². The topological polar surface area (TPSA) is 126 Å². The molecule has 0 radical (unpaired) electrons. The number of nitriles is 1. The van der Waals surface area contributed by atoms with Gasteiger partial charge < -0.3 is 19.9 Å². The van der Waals surface area contributed by atoms with Crippen molar-refractivity contribution in [1.29, 1.82) is 5.26 Å². The molecule has 3 aromatic rings. The predicted molar refractivity (Wildman–Crippen MR) is 125 cm³/mol. The Kier molecular flexibility index (Phi) is 7.64. The van der Waals surface area contributed by atoms with Gasteiger partial charge in [0, 0.05) is 0 Å². The van der Waals surface area contributed by atoms with E-state index in [-0.39, 0.29) is 27.6 Å². The summed E-state index contributed by atoms with van der Waals surface area (Å²) in [7, 11) is 1.51. The molecule has 0 bridgehead atoms. The zero-order chi connectivity index (χ0) is 24.7. The maximum atomic E-state index is 12.5. The van der Waals surface area contributed by atoms with Crippen molar-refractivity contribution in [2.45, 2.75) is 0 Å². The summed E-state index contributed by atoms with van der Waals surface area (Å²) in [6.45, 7) is 0. The smallest absolute Gasteiger partial charge is 0.343 e. The fourth-order valence-electron chi connectivity index (χ4n) is 2.86. The van der Waals surface area contributed by atoms with Crippen molar-refractivity contribution < 1.29 is 29.0 Å². The van der Waals surface area contributed by atoms with Crippen molar-refractivity contribution in [3.63, 3.8) is 0 Å². The van der Waals surface area contributed by atoms with Crippen LogP contribution in [0.25, 0.3) is 6.08 Å². The number of carboxylic acid groups (broad SMARTS) is 1. The van der Waals surface area contributed by atoms with E-state index in [1.807, 2.05) is 0 Å². The zero-order valence-corrected chi connectivity index (χ0v) is 18.5. The Morgan fingerprint density at radius 2 is 1.76 bits per heavy atom. The zero-order valence-electron chi connectivity index (χ0n) is 17.7. The average Bonchev–Trinajstić information content (AvgIpc) is 2.84. The monoisotopic (exact) mass is 476 g/mol. The molecule has 8 nitrogen and oxygen atoms in total. The first-order chi connectivity index (χ1) is 16.3. The van der Waals surface area contributed by atoms with E-state index < -0.39 is 17.8 Å². The molecule has 0 atom stereocenters. The fraction of sp³-hybridized carbons (Fsp3) is 0.0400. The van der Waals surface area contributed by atoms with Gasteiger partial charge in [0.1, 0.15) is 23.1 Å². The molecule has 3 rings (SSSR count). The summed E-state index contributed by atoms with van der Waals surface area (Å²) in [4.78, 5) is 36.2. The second kappa shape index (κ2) is 10.8. The maximum Gasteiger partial charge on any atom is 0.343 e. The molecule has 0 saturated heterocycles. The number of hydrogen-bond donors (Lipinski definition) is 2. The highest BCUT2D eigenvalue weighted by Crippen LogP contribution is 2.28. The summed E-state index contributed by atoms with van der Waals surface area (Å²) >= 11 is 6.23. The number of para-hydroxylation sites is 1. The molecule has 0 aliphatic rings. The lowest BCUT2D eigenvalue weighted by molar-refractivity contribution is -0.112. The summed E-state index contributed by atoms with van der Waals surface area (Å²) in [5.74, 6) is -1.94. The first-order valence-corrected chi connectivity index (χ1v) is 10.1. The largest absolute Gasteiger partial charge is 0.497 e. The number of amides is 1. The minimum atomic E-state index is -1.22. The Balaban J connectivity index is 1.76. The number of benzene rings is 3. The van der Waals surface area contributed by atoms with Crippen molar-refractivity contribution in [1.82, 2.24) is 0 Å². The van der Waals surface area contributed by atoms with E-state index in [9.17, 15) is 24.8 Å². The highest BCUT2D eigenvalue weighted by molar-refractivity contribution is 6.32. The molecule has 0 unspecified atom stereocenters. The summed E-state index contributed by atoms with van der Waals surface area (Å²) in [5.41, 5.74) is 0.358. The van der Waals surface area contributed by atoms with Crippen LogP contribution in [0, 0.1) is 11.3 Å². The lowest BCUT2D eigenvalue weighted by Gasteiger charge is -2.09. The van der Waals surface area contributed by atoms with Crippen molar-refractivity contribution in [3.8, 4) is 17.6 Å². The van der Waals surface area contributed by atoms with Gasteiger partial charge in [-0.2, -0.15) is 5.26 Å². The Hall–Kier alpha value is -4.61. The SMILES string of the molecule is COc1ccc(C(=O)Oc2ccc(/C=C(\C#N)C(=O)Nc3ccccc3C(=O)O)cc2Cl)cc1. The van der Waals surface area contributed by atoms with Crippen LogP contribution in [0.5, 0.6) is 11.5 Å². The molecular formula is C25H17ClN2O6. The summed E-state index contributed by atoms with van der Waals surface area (Å²) in [6, 6.07) is 18.3. The molecule has 0 aliphatic heterocycles. The van der Waals surface area contributed by atoms with Gasteiger partial charge in [-0.1, -0.05) is 29.8 Å². The first kappa shape index (κ1) is 24.0. The number of nitrogens with one attached hydrogen (secondary N) is 1. The number of carbonyl (C=O) groups is 3. The second-order valence-corrected chi connectivity index (χ2v) is 7.19. The van der Waals surface area contributed by atoms with Gasteiger partial charge in [0.15, 0.2) is 0 Å². The fourth-order valence-corrected chi connectivity index (χ4v) is 3.09. The first-order valence-electron chi connectivity index (χ1n) is 9.73. The average molecular weight is 477 g/mol. The van der Waals surface area contributed by atoms with Gasteiger partial charge >= 0.3 is 11.9 Å². The minimum Gasteiger partial charge on any atom is -0.497 e. The van der Waals surface area contributed by atoms with Gasteiger partial charge in [0.05, 0.1) is 28.9 Å².